The van der Waals surface area contributed by atoms with Gasteiger partial charge >= 0.3 is 6.18 Å². The molecule has 2 heterocycles. The molecule has 1 amide bonds. The summed E-state index contributed by atoms with van der Waals surface area (Å²) >= 11 is 0. The highest BCUT2D eigenvalue weighted by atomic mass is 19.4. The van der Waals surface area contributed by atoms with Crippen LogP contribution in [-0.4, -0.2) is 25.3 Å². The zero-order valence-electron chi connectivity index (χ0n) is 14.1. The first kappa shape index (κ1) is 17.7. The quantitative estimate of drug-likeness (QED) is 0.586. The van der Waals surface area contributed by atoms with E-state index in [1.165, 1.54) is 27.4 Å². The topological polar surface area (TPSA) is 81.3 Å². The minimum absolute atomic E-state index is 0.0173. The average molecular weight is 387 g/mol. The summed E-state index contributed by atoms with van der Waals surface area (Å²) < 4.78 is 41.0. The molecule has 1 N–H and O–H groups in total. The summed E-state index contributed by atoms with van der Waals surface area (Å²) in [6.07, 6.45) is -3.18. The molecule has 0 fully saturated rings. The van der Waals surface area contributed by atoms with E-state index in [0.29, 0.717) is 16.6 Å². The Labute approximate surface area is 155 Å². The molecule has 4 rings (SSSR count). The van der Waals surface area contributed by atoms with Crippen LogP contribution in [0.25, 0.3) is 16.6 Å². The number of aromatic nitrogens is 4. The predicted molar refractivity (Wildman–Crippen MR) is 94.8 cm³/mol. The van der Waals surface area contributed by atoms with Gasteiger partial charge in [-0.05, 0) is 30.3 Å². The maximum atomic E-state index is 12.8. The van der Waals surface area contributed by atoms with Crippen LogP contribution in [0.1, 0.15) is 5.56 Å². The molecule has 0 saturated carbocycles. The molecule has 0 spiro atoms. The average Bonchev–Trinajstić information content (AvgIpc) is 3.14. The number of hydrogen-bond acceptors (Lipinski definition) is 4. The molecular formula is C18H12F3N5O2. The van der Waals surface area contributed by atoms with Crippen molar-refractivity contribution in [3.05, 3.63) is 70.6 Å². The monoisotopic (exact) mass is 387 g/mol. The van der Waals surface area contributed by atoms with Crippen molar-refractivity contribution < 1.29 is 18.0 Å². The van der Waals surface area contributed by atoms with Crippen molar-refractivity contribution in [3.63, 3.8) is 0 Å². The fourth-order valence-electron chi connectivity index (χ4n) is 2.94. The molecule has 7 nitrogen and oxygen atoms in total. The van der Waals surface area contributed by atoms with E-state index >= 15 is 0 Å². The van der Waals surface area contributed by atoms with Gasteiger partial charge in [-0.25, -0.2) is 0 Å². The smallest absolute Gasteiger partial charge is 0.325 e. The third-order valence-corrected chi connectivity index (χ3v) is 4.19. The SMILES string of the molecule is O=C(Cn1c(=O)c2ccccc2n2nncc12)Nc1cccc(C(F)(F)F)c1. The van der Waals surface area contributed by atoms with Crippen LogP contribution in [0.4, 0.5) is 18.9 Å². The minimum Gasteiger partial charge on any atom is -0.325 e. The Morgan fingerprint density at radius 1 is 1.11 bits per heavy atom. The maximum Gasteiger partial charge on any atom is 0.416 e. The van der Waals surface area contributed by atoms with Crippen LogP contribution in [0.3, 0.4) is 0 Å². The lowest BCUT2D eigenvalue weighted by Crippen LogP contribution is -2.29. The second-order valence-corrected chi connectivity index (χ2v) is 6.04. The fourth-order valence-corrected chi connectivity index (χ4v) is 2.94. The Bertz CT molecular complexity index is 1260. The number of alkyl halides is 3. The molecule has 0 radical (unpaired) electrons. The van der Waals surface area contributed by atoms with E-state index in [2.05, 4.69) is 15.6 Å². The largest absolute Gasteiger partial charge is 0.416 e. The van der Waals surface area contributed by atoms with Crippen molar-refractivity contribution in [2.75, 3.05) is 5.32 Å². The highest BCUT2D eigenvalue weighted by molar-refractivity contribution is 5.91. The first-order chi connectivity index (χ1) is 13.3. The second-order valence-electron chi connectivity index (χ2n) is 6.04. The number of carbonyl (C=O) groups excluding carboxylic acids is 1. The zero-order valence-corrected chi connectivity index (χ0v) is 14.1. The van der Waals surface area contributed by atoms with Gasteiger partial charge in [0, 0.05) is 5.69 Å². The van der Waals surface area contributed by atoms with Gasteiger partial charge < -0.3 is 5.32 Å². The van der Waals surface area contributed by atoms with Gasteiger partial charge in [-0.1, -0.05) is 23.4 Å². The van der Waals surface area contributed by atoms with E-state index in [9.17, 15) is 22.8 Å². The van der Waals surface area contributed by atoms with E-state index in [0.717, 1.165) is 12.1 Å². The molecule has 0 bridgehead atoms. The lowest BCUT2D eigenvalue weighted by atomic mass is 10.2. The van der Waals surface area contributed by atoms with Gasteiger partial charge in [0.05, 0.1) is 22.7 Å². The van der Waals surface area contributed by atoms with Crippen LogP contribution in [-0.2, 0) is 17.5 Å². The molecule has 0 aliphatic carbocycles. The second kappa shape index (κ2) is 6.48. The molecule has 142 valence electrons. The summed E-state index contributed by atoms with van der Waals surface area (Å²) in [5.41, 5.74) is -0.492. The van der Waals surface area contributed by atoms with Gasteiger partial charge in [0.15, 0.2) is 5.65 Å². The Kier molecular flexibility index (Phi) is 4.10. The summed E-state index contributed by atoms with van der Waals surface area (Å²) in [6, 6.07) is 11.0. The Hall–Kier alpha value is -3.69. The number of rotatable bonds is 3. The highest BCUT2D eigenvalue weighted by Crippen LogP contribution is 2.30. The molecule has 0 unspecified atom stereocenters. The van der Waals surface area contributed by atoms with Crippen LogP contribution in [0.5, 0.6) is 0 Å². The van der Waals surface area contributed by atoms with E-state index in [1.54, 1.807) is 24.3 Å². The van der Waals surface area contributed by atoms with E-state index in [4.69, 9.17) is 0 Å². The third kappa shape index (κ3) is 3.08. The normalized spacial score (nSPS) is 11.8. The van der Waals surface area contributed by atoms with Gasteiger partial charge in [-0.15, -0.1) is 5.10 Å². The van der Waals surface area contributed by atoms with E-state index in [-0.39, 0.29) is 5.69 Å². The van der Waals surface area contributed by atoms with E-state index in [1.807, 2.05) is 0 Å². The Morgan fingerprint density at radius 2 is 1.89 bits per heavy atom. The minimum atomic E-state index is -4.52. The molecule has 28 heavy (non-hydrogen) atoms. The third-order valence-electron chi connectivity index (χ3n) is 4.19. The van der Waals surface area contributed by atoms with Crippen LogP contribution < -0.4 is 10.9 Å². The molecule has 2 aromatic carbocycles. The van der Waals surface area contributed by atoms with Crippen LogP contribution >= 0.6 is 0 Å². The molecule has 4 aromatic rings. The van der Waals surface area contributed by atoms with Crippen LogP contribution in [0.15, 0.2) is 59.5 Å². The predicted octanol–water partition coefficient (Wildman–Crippen LogP) is 2.70. The lowest BCUT2D eigenvalue weighted by Gasteiger charge is -2.12. The number of amides is 1. The molecule has 0 saturated heterocycles. The number of halogens is 3. The molecular weight excluding hydrogens is 375 g/mol. The summed E-state index contributed by atoms with van der Waals surface area (Å²) in [5, 5.41) is 10.4. The molecule has 10 heteroatoms. The van der Waals surface area contributed by atoms with Crippen molar-refractivity contribution in [1.82, 2.24) is 19.4 Å². The first-order valence-electron chi connectivity index (χ1n) is 8.13. The number of hydrogen-bond donors (Lipinski definition) is 1. The number of benzene rings is 2. The molecule has 0 aliphatic rings. The van der Waals surface area contributed by atoms with Crippen molar-refractivity contribution in [2.45, 2.75) is 12.7 Å². The van der Waals surface area contributed by atoms with Crippen LogP contribution in [0, 0.1) is 0 Å². The number of anilines is 1. The maximum absolute atomic E-state index is 12.8. The standard InChI is InChI=1S/C18H12F3N5O2/c19-18(20,21)11-4-3-5-12(8-11)23-15(27)10-25-16-9-22-24-26(16)14-7-2-1-6-13(14)17(25)28/h1-9H,10H2,(H,23,27). The molecule has 0 aliphatic heterocycles. The zero-order chi connectivity index (χ0) is 19.9. The summed E-state index contributed by atoms with van der Waals surface area (Å²) in [7, 11) is 0. The summed E-state index contributed by atoms with van der Waals surface area (Å²) in [4.78, 5) is 25.2. The molecule has 0 atom stereocenters. The number of nitrogens with zero attached hydrogens (tertiary/aromatic N) is 4. The first-order valence-corrected chi connectivity index (χ1v) is 8.13. The van der Waals surface area contributed by atoms with Crippen molar-refractivity contribution in [3.8, 4) is 0 Å². The number of nitrogens with one attached hydrogen (secondary N) is 1. The van der Waals surface area contributed by atoms with Gasteiger partial charge in [0.1, 0.15) is 6.54 Å². The molecule has 2 aromatic heterocycles. The summed E-state index contributed by atoms with van der Waals surface area (Å²) in [5.74, 6) is -0.653. The van der Waals surface area contributed by atoms with Gasteiger partial charge in [0.2, 0.25) is 5.91 Å². The summed E-state index contributed by atoms with van der Waals surface area (Å²) in [6.45, 7) is -0.406. The van der Waals surface area contributed by atoms with Gasteiger partial charge in [-0.3, -0.25) is 14.2 Å². The number of fused-ring (bicyclic) bond motifs is 3. The van der Waals surface area contributed by atoms with E-state index < -0.39 is 29.8 Å². The van der Waals surface area contributed by atoms with Gasteiger partial charge in [0.25, 0.3) is 5.56 Å². The van der Waals surface area contributed by atoms with Crippen molar-refractivity contribution >= 4 is 28.1 Å². The Balaban J connectivity index is 1.69. The lowest BCUT2D eigenvalue weighted by molar-refractivity contribution is -0.137. The van der Waals surface area contributed by atoms with Gasteiger partial charge in [-0.2, -0.15) is 17.7 Å². The van der Waals surface area contributed by atoms with Crippen molar-refractivity contribution in [1.29, 1.82) is 0 Å². The highest BCUT2D eigenvalue weighted by Gasteiger charge is 2.30. The van der Waals surface area contributed by atoms with Crippen LogP contribution in [0.2, 0.25) is 0 Å². The fraction of sp³-hybridized carbons (Fsp3) is 0.111. The Morgan fingerprint density at radius 3 is 2.68 bits per heavy atom. The van der Waals surface area contributed by atoms with Crippen molar-refractivity contribution in [2.24, 2.45) is 0 Å². The number of carbonyl (C=O) groups is 1. The number of para-hydroxylation sites is 1.